The Balaban J connectivity index is 1.73. The van der Waals surface area contributed by atoms with Gasteiger partial charge in [-0.1, -0.05) is 45.7 Å². The molecule has 24 heavy (non-hydrogen) atoms. The highest BCUT2D eigenvalue weighted by atomic mass is 79.9. The fraction of sp³-hybridized carbons (Fsp3) is 0.118. The number of carbonyl (C=O) groups excluding carboxylic acids is 2. The Morgan fingerprint density at radius 2 is 1.83 bits per heavy atom. The van der Waals surface area contributed by atoms with Crippen molar-refractivity contribution >= 4 is 51.2 Å². The van der Waals surface area contributed by atoms with Crippen LogP contribution in [0.2, 0.25) is 5.02 Å². The average molecular weight is 409 g/mol. The van der Waals surface area contributed by atoms with Crippen LogP contribution in [0.1, 0.15) is 18.4 Å². The fourth-order valence-electron chi connectivity index (χ4n) is 1.84. The summed E-state index contributed by atoms with van der Waals surface area (Å²) in [6.45, 7) is 0. The molecule has 0 heterocycles. The van der Waals surface area contributed by atoms with E-state index in [9.17, 15) is 9.59 Å². The van der Waals surface area contributed by atoms with Gasteiger partial charge in [0.1, 0.15) is 0 Å². The second kappa shape index (κ2) is 9.20. The maximum atomic E-state index is 11.8. The van der Waals surface area contributed by atoms with Crippen LogP contribution < -0.4 is 10.7 Å². The molecule has 0 bridgehead atoms. The van der Waals surface area contributed by atoms with Crippen LogP contribution in [0.4, 0.5) is 5.69 Å². The normalized spacial score (nSPS) is 10.6. The summed E-state index contributed by atoms with van der Waals surface area (Å²) in [6, 6.07) is 14.3. The molecule has 2 amide bonds. The lowest BCUT2D eigenvalue weighted by atomic mass is 10.2. The average Bonchev–Trinajstić information content (AvgIpc) is 2.53. The van der Waals surface area contributed by atoms with Gasteiger partial charge < -0.3 is 5.32 Å². The van der Waals surface area contributed by atoms with Gasteiger partial charge in [-0.15, -0.1) is 0 Å². The van der Waals surface area contributed by atoms with Gasteiger partial charge in [-0.25, -0.2) is 5.43 Å². The third kappa shape index (κ3) is 6.52. The van der Waals surface area contributed by atoms with Crippen LogP contribution in [0.3, 0.4) is 0 Å². The zero-order valence-electron chi connectivity index (χ0n) is 12.6. The molecule has 5 nitrogen and oxygen atoms in total. The van der Waals surface area contributed by atoms with E-state index in [0.29, 0.717) is 10.7 Å². The van der Waals surface area contributed by atoms with Gasteiger partial charge in [0.15, 0.2) is 0 Å². The van der Waals surface area contributed by atoms with Crippen molar-refractivity contribution < 1.29 is 9.59 Å². The van der Waals surface area contributed by atoms with Gasteiger partial charge in [0.25, 0.3) is 0 Å². The van der Waals surface area contributed by atoms with Gasteiger partial charge in [0, 0.05) is 28.0 Å². The maximum absolute atomic E-state index is 11.8. The number of hydrogen-bond acceptors (Lipinski definition) is 3. The number of nitrogens with zero attached hydrogens (tertiary/aromatic N) is 1. The largest absolute Gasteiger partial charge is 0.326 e. The molecule has 0 aromatic heterocycles. The Labute approximate surface area is 153 Å². The van der Waals surface area contributed by atoms with Crippen molar-refractivity contribution in [1.82, 2.24) is 5.43 Å². The molecular weight excluding hydrogens is 394 g/mol. The first-order chi connectivity index (χ1) is 11.5. The second-order valence-corrected chi connectivity index (χ2v) is 6.26. The predicted octanol–water partition coefficient (Wildman–Crippen LogP) is 3.97. The number of halogens is 2. The summed E-state index contributed by atoms with van der Waals surface area (Å²) < 4.78 is 0.926. The highest BCUT2D eigenvalue weighted by molar-refractivity contribution is 9.10. The zero-order valence-corrected chi connectivity index (χ0v) is 15.0. The van der Waals surface area contributed by atoms with Gasteiger partial charge in [-0.05, 0) is 35.9 Å². The Kier molecular flexibility index (Phi) is 6.96. The molecule has 2 rings (SSSR count). The minimum atomic E-state index is -0.331. The second-order valence-electron chi connectivity index (χ2n) is 4.91. The molecule has 0 unspecified atom stereocenters. The third-order valence-corrected chi connectivity index (χ3v) is 3.67. The Hall–Kier alpha value is -2.18. The van der Waals surface area contributed by atoms with Crippen molar-refractivity contribution in [2.75, 3.05) is 5.32 Å². The molecule has 0 aliphatic carbocycles. The standard InChI is InChI=1S/C17H15BrClN3O2/c18-13-4-1-3-12(9-13)11-20-22-17(24)8-7-16(23)21-15-6-2-5-14(19)10-15/h1-6,9-11H,7-8H2,(H,21,23)(H,22,24)/b20-11+. The van der Waals surface area contributed by atoms with Gasteiger partial charge in [-0.3, -0.25) is 9.59 Å². The minimum absolute atomic E-state index is 0.0439. The van der Waals surface area contributed by atoms with E-state index in [1.807, 2.05) is 24.3 Å². The summed E-state index contributed by atoms with van der Waals surface area (Å²) in [5, 5.41) is 7.08. The number of amides is 2. The van der Waals surface area contributed by atoms with E-state index in [1.165, 1.54) is 6.21 Å². The van der Waals surface area contributed by atoms with E-state index in [0.717, 1.165) is 10.0 Å². The molecule has 2 N–H and O–H groups in total. The fourth-order valence-corrected chi connectivity index (χ4v) is 2.45. The van der Waals surface area contributed by atoms with Crippen molar-refractivity contribution in [1.29, 1.82) is 0 Å². The molecule has 0 spiro atoms. The number of hydrazone groups is 1. The lowest BCUT2D eigenvalue weighted by molar-refractivity contribution is -0.124. The third-order valence-electron chi connectivity index (χ3n) is 2.94. The van der Waals surface area contributed by atoms with Crippen LogP contribution in [0, 0.1) is 0 Å². The highest BCUT2D eigenvalue weighted by Crippen LogP contribution is 2.15. The summed E-state index contributed by atoms with van der Waals surface area (Å²) in [5.74, 6) is -0.592. The molecule has 0 aliphatic rings. The molecular formula is C17H15BrClN3O2. The van der Waals surface area contributed by atoms with Crippen LogP contribution in [-0.2, 0) is 9.59 Å². The lowest BCUT2D eigenvalue weighted by Crippen LogP contribution is -2.20. The van der Waals surface area contributed by atoms with E-state index in [1.54, 1.807) is 24.3 Å². The number of rotatable bonds is 6. The van der Waals surface area contributed by atoms with Gasteiger partial charge in [-0.2, -0.15) is 5.10 Å². The molecule has 2 aromatic carbocycles. The summed E-state index contributed by atoms with van der Waals surface area (Å²) in [5.41, 5.74) is 3.84. The van der Waals surface area contributed by atoms with E-state index in [2.05, 4.69) is 31.8 Å². The number of nitrogens with one attached hydrogen (secondary N) is 2. The van der Waals surface area contributed by atoms with Crippen LogP contribution in [0.15, 0.2) is 58.1 Å². The number of hydrogen-bond donors (Lipinski definition) is 2. The maximum Gasteiger partial charge on any atom is 0.240 e. The van der Waals surface area contributed by atoms with Crippen molar-refractivity contribution in [2.45, 2.75) is 12.8 Å². The summed E-state index contributed by atoms with van der Waals surface area (Å²) in [7, 11) is 0. The summed E-state index contributed by atoms with van der Waals surface area (Å²) in [6.07, 6.45) is 1.64. The monoisotopic (exact) mass is 407 g/mol. The zero-order chi connectivity index (χ0) is 17.4. The first-order valence-corrected chi connectivity index (χ1v) is 8.33. The first-order valence-electron chi connectivity index (χ1n) is 7.16. The summed E-state index contributed by atoms with van der Waals surface area (Å²) >= 11 is 9.19. The molecule has 0 saturated carbocycles. The van der Waals surface area contributed by atoms with Crippen molar-refractivity contribution in [2.24, 2.45) is 5.10 Å². The summed E-state index contributed by atoms with van der Waals surface area (Å²) in [4.78, 5) is 23.5. The van der Waals surface area contributed by atoms with E-state index >= 15 is 0 Å². The van der Waals surface area contributed by atoms with Crippen molar-refractivity contribution in [3.05, 3.63) is 63.6 Å². The van der Waals surface area contributed by atoms with Crippen LogP contribution >= 0.6 is 27.5 Å². The van der Waals surface area contributed by atoms with E-state index in [-0.39, 0.29) is 24.7 Å². The Morgan fingerprint density at radius 1 is 1.08 bits per heavy atom. The van der Waals surface area contributed by atoms with Gasteiger partial charge >= 0.3 is 0 Å². The number of anilines is 1. The molecule has 0 aliphatic heterocycles. The molecule has 0 radical (unpaired) electrons. The van der Waals surface area contributed by atoms with Gasteiger partial charge in [0.05, 0.1) is 6.21 Å². The molecule has 124 valence electrons. The quantitative estimate of drug-likeness (QED) is 0.561. The van der Waals surface area contributed by atoms with Crippen molar-refractivity contribution in [3.8, 4) is 0 Å². The predicted molar refractivity (Wildman–Crippen MR) is 99.2 cm³/mol. The van der Waals surface area contributed by atoms with Gasteiger partial charge in [0.2, 0.25) is 11.8 Å². The Morgan fingerprint density at radius 3 is 2.58 bits per heavy atom. The first kappa shape index (κ1) is 18.2. The molecule has 7 heteroatoms. The van der Waals surface area contributed by atoms with Crippen LogP contribution in [0.25, 0.3) is 0 Å². The minimum Gasteiger partial charge on any atom is -0.326 e. The number of carbonyl (C=O) groups is 2. The smallest absolute Gasteiger partial charge is 0.240 e. The van der Waals surface area contributed by atoms with Crippen LogP contribution in [0.5, 0.6) is 0 Å². The SMILES string of the molecule is O=C(CCC(=O)Nc1cccc(Cl)c1)N/N=C/c1cccc(Br)c1. The van der Waals surface area contributed by atoms with Crippen molar-refractivity contribution in [3.63, 3.8) is 0 Å². The van der Waals surface area contributed by atoms with Crippen LogP contribution in [-0.4, -0.2) is 18.0 Å². The molecule has 0 saturated heterocycles. The molecule has 2 aromatic rings. The van der Waals surface area contributed by atoms with E-state index < -0.39 is 0 Å². The number of benzene rings is 2. The molecule has 0 atom stereocenters. The topological polar surface area (TPSA) is 70.6 Å². The lowest BCUT2D eigenvalue weighted by Gasteiger charge is -2.05. The highest BCUT2D eigenvalue weighted by Gasteiger charge is 2.07. The van der Waals surface area contributed by atoms with E-state index in [4.69, 9.17) is 11.6 Å². The Bertz CT molecular complexity index is 765. The molecule has 0 fully saturated rings.